The quantitative estimate of drug-likeness (QED) is 0.915. The van der Waals surface area contributed by atoms with Crippen LogP contribution in [0.4, 0.5) is 10.5 Å². The molecule has 0 spiro atoms. The normalized spacial score (nSPS) is 17.5. The Balaban J connectivity index is 1.80. The van der Waals surface area contributed by atoms with Crippen LogP contribution < -0.4 is 5.32 Å². The predicted molar refractivity (Wildman–Crippen MR) is 90.5 cm³/mol. The second-order valence-corrected chi connectivity index (χ2v) is 6.15. The van der Waals surface area contributed by atoms with Crippen molar-refractivity contribution < 1.29 is 9.21 Å². The Labute approximate surface area is 136 Å². The molecule has 1 atom stereocenters. The number of carbonyl (C=O) groups is 1. The SMILES string of the molecule is CC[C@H]1CCCN1C(=O)Nc1ccc(C)c(-c2nc(C)co2)c1. The van der Waals surface area contributed by atoms with Gasteiger partial charge < -0.3 is 14.6 Å². The zero-order valence-electron chi connectivity index (χ0n) is 13.9. The lowest BCUT2D eigenvalue weighted by molar-refractivity contribution is 0.205. The first-order chi connectivity index (χ1) is 11.1. The van der Waals surface area contributed by atoms with E-state index in [1.54, 1.807) is 6.26 Å². The van der Waals surface area contributed by atoms with Crippen molar-refractivity contribution in [1.82, 2.24) is 9.88 Å². The topological polar surface area (TPSA) is 58.4 Å². The number of nitrogens with zero attached hydrogens (tertiary/aromatic N) is 2. The molecule has 1 aliphatic rings. The average molecular weight is 313 g/mol. The van der Waals surface area contributed by atoms with Crippen LogP contribution in [0.5, 0.6) is 0 Å². The lowest BCUT2D eigenvalue weighted by Gasteiger charge is -2.24. The van der Waals surface area contributed by atoms with Gasteiger partial charge in [-0.1, -0.05) is 13.0 Å². The van der Waals surface area contributed by atoms with Gasteiger partial charge in [0.1, 0.15) is 6.26 Å². The number of likely N-dealkylation sites (tertiary alicyclic amines) is 1. The van der Waals surface area contributed by atoms with Gasteiger partial charge in [-0.2, -0.15) is 0 Å². The number of hydrogen-bond donors (Lipinski definition) is 1. The fourth-order valence-corrected chi connectivity index (χ4v) is 3.13. The molecule has 0 unspecified atom stereocenters. The van der Waals surface area contributed by atoms with E-state index in [2.05, 4.69) is 17.2 Å². The lowest BCUT2D eigenvalue weighted by atomic mass is 10.1. The number of rotatable bonds is 3. The molecule has 2 aromatic rings. The number of nitrogens with one attached hydrogen (secondary N) is 1. The summed E-state index contributed by atoms with van der Waals surface area (Å²) in [5.41, 5.74) is 3.59. The molecular weight excluding hydrogens is 290 g/mol. The maximum Gasteiger partial charge on any atom is 0.322 e. The molecular formula is C18H23N3O2. The lowest BCUT2D eigenvalue weighted by Crippen LogP contribution is -2.38. The molecule has 0 saturated carbocycles. The molecule has 1 aromatic carbocycles. The van der Waals surface area contributed by atoms with Crippen LogP contribution in [-0.2, 0) is 0 Å². The van der Waals surface area contributed by atoms with Crippen LogP contribution in [0, 0.1) is 13.8 Å². The molecule has 2 heterocycles. The van der Waals surface area contributed by atoms with E-state index in [0.29, 0.717) is 11.9 Å². The molecule has 1 aromatic heterocycles. The number of benzene rings is 1. The van der Waals surface area contributed by atoms with Gasteiger partial charge in [0.05, 0.1) is 5.69 Å². The summed E-state index contributed by atoms with van der Waals surface area (Å²) >= 11 is 0. The number of aromatic nitrogens is 1. The van der Waals surface area contributed by atoms with E-state index >= 15 is 0 Å². The molecule has 2 amide bonds. The van der Waals surface area contributed by atoms with Crippen molar-refractivity contribution in [3.05, 3.63) is 35.7 Å². The first-order valence-corrected chi connectivity index (χ1v) is 8.19. The van der Waals surface area contributed by atoms with Crippen molar-refractivity contribution in [3.8, 4) is 11.5 Å². The predicted octanol–water partition coefficient (Wildman–Crippen LogP) is 4.36. The monoisotopic (exact) mass is 313 g/mol. The second-order valence-electron chi connectivity index (χ2n) is 6.15. The van der Waals surface area contributed by atoms with E-state index in [1.165, 1.54) is 0 Å². The molecule has 3 rings (SSSR count). The van der Waals surface area contributed by atoms with Gasteiger partial charge in [0, 0.05) is 23.8 Å². The average Bonchev–Trinajstić information content (AvgIpc) is 3.17. The summed E-state index contributed by atoms with van der Waals surface area (Å²) in [6.45, 7) is 6.87. The summed E-state index contributed by atoms with van der Waals surface area (Å²) in [6.07, 6.45) is 4.82. The van der Waals surface area contributed by atoms with Crippen molar-refractivity contribution in [1.29, 1.82) is 0 Å². The summed E-state index contributed by atoms with van der Waals surface area (Å²) in [6, 6.07) is 6.16. The molecule has 5 nitrogen and oxygen atoms in total. The molecule has 0 radical (unpaired) electrons. The Kier molecular flexibility index (Phi) is 4.37. The maximum atomic E-state index is 12.5. The minimum absolute atomic E-state index is 0.0206. The fourth-order valence-electron chi connectivity index (χ4n) is 3.13. The van der Waals surface area contributed by atoms with Gasteiger partial charge >= 0.3 is 6.03 Å². The fraction of sp³-hybridized carbons (Fsp3) is 0.444. The molecule has 23 heavy (non-hydrogen) atoms. The zero-order chi connectivity index (χ0) is 16.4. The minimum atomic E-state index is -0.0206. The molecule has 1 fully saturated rings. The largest absolute Gasteiger partial charge is 0.444 e. The van der Waals surface area contributed by atoms with Gasteiger partial charge in [0.15, 0.2) is 0 Å². The van der Waals surface area contributed by atoms with E-state index in [9.17, 15) is 4.79 Å². The smallest absolute Gasteiger partial charge is 0.322 e. The third kappa shape index (κ3) is 3.23. The van der Waals surface area contributed by atoms with Crippen LogP contribution in [0.3, 0.4) is 0 Å². The first-order valence-electron chi connectivity index (χ1n) is 8.19. The summed E-state index contributed by atoms with van der Waals surface area (Å²) < 4.78 is 5.49. The second kappa shape index (κ2) is 6.44. The van der Waals surface area contributed by atoms with Crippen molar-refractivity contribution in [3.63, 3.8) is 0 Å². The van der Waals surface area contributed by atoms with E-state index < -0.39 is 0 Å². The van der Waals surface area contributed by atoms with Gasteiger partial charge in [-0.15, -0.1) is 0 Å². The Morgan fingerprint density at radius 1 is 1.43 bits per heavy atom. The number of amides is 2. The summed E-state index contributed by atoms with van der Waals surface area (Å²) in [7, 11) is 0. The highest BCUT2D eigenvalue weighted by Gasteiger charge is 2.27. The van der Waals surface area contributed by atoms with E-state index in [1.807, 2.05) is 36.9 Å². The van der Waals surface area contributed by atoms with Gasteiger partial charge in [-0.25, -0.2) is 9.78 Å². The molecule has 5 heteroatoms. The van der Waals surface area contributed by atoms with Gasteiger partial charge in [-0.05, 0) is 50.8 Å². The number of anilines is 1. The molecule has 0 bridgehead atoms. The molecule has 0 aliphatic carbocycles. The van der Waals surface area contributed by atoms with Crippen LogP contribution in [0.1, 0.15) is 37.4 Å². The van der Waals surface area contributed by atoms with E-state index in [4.69, 9.17) is 4.42 Å². The summed E-state index contributed by atoms with van der Waals surface area (Å²) in [5.74, 6) is 0.587. The van der Waals surface area contributed by atoms with Crippen molar-refractivity contribution in [2.45, 2.75) is 46.1 Å². The van der Waals surface area contributed by atoms with Crippen LogP contribution in [0.15, 0.2) is 28.9 Å². The highest BCUT2D eigenvalue weighted by Crippen LogP contribution is 2.27. The van der Waals surface area contributed by atoms with Gasteiger partial charge in [0.2, 0.25) is 5.89 Å². The number of carbonyl (C=O) groups excluding carboxylic acids is 1. The minimum Gasteiger partial charge on any atom is -0.444 e. The highest BCUT2D eigenvalue weighted by atomic mass is 16.3. The first kappa shape index (κ1) is 15.6. The molecule has 1 aliphatic heterocycles. The van der Waals surface area contributed by atoms with Crippen LogP contribution in [0.2, 0.25) is 0 Å². The van der Waals surface area contributed by atoms with Crippen LogP contribution in [-0.4, -0.2) is 28.5 Å². The van der Waals surface area contributed by atoms with Crippen LogP contribution >= 0.6 is 0 Å². The van der Waals surface area contributed by atoms with Crippen molar-refractivity contribution in [2.24, 2.45) is 0 Å². The number of urea groups is 1. The Hall–Kier alpha value is -2.30. The van der Waals surface area contributed by atoms with E-state index in [-0.39, 0.29) is 6.03 Å². The Bertz CT molecular complexity index is 708. The molecule has 1 saturated heterocycles. The maximum absolute atomic E-state index is 12.5. The zero-order valence-corrected chi connectivity index (χ0v) is 13.9. The van der Waals surface area contributed by atoms with Gasteiger partial charge in [-0.3, -0.25) is 0 Å². The van der Waals surface area contributed by atoms with Gasteiger partial charge in [0.25, 0.3) is 0 Å². The highest BCUT2D eigenvalue weighted by molar-refractivity contribution is 5.90. The number of aryl methyl sites for hydroxylation is 2. The third-order valence-corrected chi connectivity index (χ3v) is 4.45. The molecule has 1 N–H and O–H groups in total. The third-order valence-electron chi connectivity index (χ3n) is 4.45. The Morgan fingerprint density at radius 3 is 2.96 bits per heavy atom. The Morgan fingerprint density at radius 2 is 2.26 bits per heavy atom. The standard InChI is InChI=1S/C18H23N3O2/c1-4-15-6-5-9-21(15)18(22)20-14-8-7-12(2)16(10-14)17-19-13(3)11-23-17/h7-8,10-11,15H,4-6,9H2,1-3H3,(H,20,22)/t15-/m0/s1. The summed E-state index contributed by atoms with van der Waals surface area (Å²) in [5, 5.41) is 3.01. The number of hydrogen-bond acceptors (Lipinski definition) is 3. The van der Waals surface area contributed by atoms with Crippen LogP contribution in [0.25, 0.3) is 11.5 Å². The number of oxazole rings is 1. The van der Waals surface area contributed by atoms with Crippen molar-refractivity contribution in [2.75, 3.05) is 11.9 Å². The summed E-state index contributed by atoms with van der Waals surface area (Å²) in [4.78, 5) is 18.8. The molecule has 122 valence electrons. The van der Waals surface area contributed by atoms with E-state index in [0.717, 1.165) is 48.3 Å². The van der Waals surface area contributed by atoms with Crippen molar-refractivity contribution >= 4 is 11.7 Å².